The zero-order chi connectivity index (χ0) is 9.10. The van der Waals surface area contributed by atoms with Crippen molar-refractivity contribution in [3.05, 3.63) is 11.6 Å². The van der Waals surface area contributed by atoms with Crippen LogP contribution in [0.25, 0.3) is 0 Å². The number of methoxy groups -OCH3 is 1. The third kappa shape index (κ3) is 1.93. The molecule has 0 spiro atoms. The minimum absolute atomic E-state index is 0.0249. The van der Waals surface area contributed by atoms with E-state index in [9.17, 15) is 0 Å². The van der Waals surface area contributed by atoms with Crippen LogP contribution in [-0.4, -0.2) is 33.2 Å². The van der Waals surface area contributed by atoms with Gasteiger partial charge in [-0.15, -0.1) is 0 Å². The van der Waals surface area contributed by atoms with Crippen molar-refractivity contribution < 1.29 is 14.2 Å². The van der Waals surface area contributed by atoms with Crippen molar-refractivity contribution in [1.82, 2.24) is 0 Å². The van der Waals surface area contributed by atoms with Crippen LogP contribution in [0.4, 0.5) is 0 Å². The normalized spacial score (nSPS) is 36.5. The summed E-state index contributed by atoms with van der Waals surface area (Å²) in [5.41, 5.74) is 1.35. The van der Waals surface area contributed by atoms with Crippen molar-refractivity contribution >= 4 is 0 Å². The lowest BCUT2D eigenvalue weighted by Crippen LogP contribution is -2.26. The lowest BCUT2D eigenvalue weighted by molar-refractivity contribution is -0.150. The Morgan fingerprint density at radius 2 is 2.46 bits per heavy atom. The average molecular weight is 184 g/mol. The molecule has 74 valence electrons. The van der Waals surface area contributed by atoms with Crippen LogP contribution >= 0.6 is 0 Å². The van der Waals surface area contributed by atoms with Crippen LogP contribution in [0.5, 0.6) is 0 Å². The lowest BCUT2D eigenvalue weighted by atomic mass is 9.94. The molecule has 13 heavy (non-hydrogen) atoms. The first kappa shape index (κ1) is 9.19. The summed E-state index contributed by atoms with van der Waals surface area (Å²) in [7, 11) is 1.71. The van der Waals surface area contributed by atoms with Gasteiger partial charge in [0.05, 0.1) is 13.2 Å². The Morgan fingerprint density at radius 1 is 1.54 bits per heavy atom. The third-order valence-corrected chi connectivity index (χ3v) is 2.67. The third-order valence-electron chi connectivity index (χ3n) is 2.67. The van der Waals surface area contributed by atoms with E-state index in [1.165, 1.54) is 12.0 Å². The molecule has 2 rings (SSSR count). The monoisotopic (exact) mass is 184 g/mol. The van der Waals surface area contributed by atoms with Gasteiger partial charge in [0.2, 0.25) is 0 Å². The molecule has 3 nitrogen and oxygen atoms in total. The highest BCUT2D eigenvalue weighted by Crippen LogP contribution is 2.34. The van der Waals surface area contributed by atoms with Crippen LogP contribution in [0.1, 0.15) is 12.8 Å². The second-order valence-electron chi connectivity index (χ2n) is 3.53. The molecule has 2 aliphatic heterocycles. The topological polar surface area (TPSA) is 27.7 Å². The van der Waals surface area contributed by atoms with Crippen molar-refractivity contribution in [2.24, 2.45) is 5.92 Å². The molecule has 2 atom stereocenters. The highest BCUT2D eigenvalue weighted by atomic mass is 16.7. The fourth-order valence-electron chi connectivity index (χ4n) is 1.97. The molecule has 0 saturated carbocycles. The van der Waals surface area contributed by atoms with Crippen molar-refractivity contribution in [2.45, 2.75) is 19.1 Å². The van der Waals surface area contributed by atoms with E-state index in [-0.39, 0.29) is 6.29 Å². The van der Waals surface area contributed by atoms with E-state index in [0.717, 1.165) is 19.6 Å². The summed E-state index contributed by atoms with van der Waals surface area (Å²) in [5, 5.41) is 0. The Balaban J connectivity index is 1.98. The molecule has 0 unspecified atom stereocenters. The molecular weight excluding hydrogens is 168 g/mol. The first-order valence-corrected chi connectivity index (χ1v) is 4.83. The van der Waals surface area contributed by atoms with Gasteiger partial charge in [-0.25, -0.2) is 0 Å². The van der Waals surface area contributed by atoms with Gasteiger partial charge in [-0.2, -0.15) is 0 Å². The van der Waals surface area contributed by atoms with E-state index in [2.05, 4.69) is 6.08 Å². The van der Waals surface area contributed by atoms with Crippen LogP contribution in [-0.2, 0) is 14.2 Å². The minimum Gasteiger partial charge on any atom is -0.381 e. The van der Waals surface area contributed by atoms with Crippen molar-refractivity contribution in [1.29, 1.82) is 0 Å². The van der Waals surface area contributed by atoms with Crippen LogP contribution in [0, 0.1) is 5.92 Å². The summed E-state index contributed by atoms with van der Waals surface area (Å²) in [6, 6.07) is 0. The Hall–Kier alpha value is -0.380. The number of hydrogen-bond donors (Lipinski definition) is 0. The van der Waals surface area contributed by atoms with E-state index >= 15 is 0 Å². The highest BCUT2D eigenvalue weighted by molar-refractivity contribution is 5.13. The van der Waals surface area contributed by atoms with E-state index in [1.807, 2.05) is 0 Å². The molecular formula is C10H16O3. The Labute approximate surface area is 78.7 Å². The quantitative estimate of drug-likeness (QED) is 0.606. The molecule has 2 fully saturated rings. The predicted octanol–water partition coefficient (Wildman–Crippen LogP) is 1.34. The van der Waals surface area contributed by atoms with Crippen LogP contribution in [0.15, 0.2) is 11.6 Å². The summed E-state index contributed by atoms with van der Waals surface area (Å²) < 4.78 is 16.0. The zero-order valence-corrected chi connectivity index (χ0v) is 7.99. The van der Waals surface area contributed by atoms with Gasteiger partial charge in [0.15, 0.2) is 6.29 Å². The molecule has 0 aliphatic carbocycles. The summed E-state index contributed by atoms with van der Waals surface area (Å²) in [6.07, 6.45) is 4.49. The van der Waals surface area contributed by atoms with Crippen LogP contribution < -0.4 is 0 Å². The van der Waals surface area contributed by atoms with Gasteiger partial charge in [0.1, 0.15) is 0 Å². The molecule has 0 bridgehead atoms. The van der Waals surface area contributed by atoms with Gasteiger partial charge < -0.3 is 14.2 Å². The van der Waals surface area contributed by atoms with Gasteiger partial charge >= 0.3 is 0 Å². The van der Waals surface area contributed by atoms with E-state index < -0.39 is 0 Å². The van der Waals surface area contributed by atoms with Gasteiger partial charge in [-0.3, -0.25) is 0 Å². The number of fused-ring (bicyclic) bond motifs is 1. The maximum absolute atomic E-state index is 5.52. The molecule has 2 aliphatic rings. The fraction of sp³-hybridized carbons (Fsp3) is 0.800. The number of hydrogen-bond acceptors (Lipinski definition) is 3. The van der Waals surface area contributed by atoms with Gasteiger partial charge in [-0.1, -0.05) is 6.08 Å². The molecule has 2 heterocycles. The number of rotatable bonds is 2. The largest absolute Gasteiger partial charge is 0.381 e. The van der Waals surface area contributed by atoms with Crippen LogP contribution in [0.2, 0.25) is 0 Å². The summed E-state index contributed by atoms with van der Waals surface area (Å²) in [4.78, 5) is 0. The summed E-state index contributed by atoms with van der Waals surface area (Å²) >= 11 is 0. The second-order valence-corrected chi connectivity index (χ2v) is 3.53. The second kappa shape index (κ2) is 4.22. The lowest BCUT2D eigenvalue weighted by Gasteiger charge is -2.24. The SMILES string of the molecule is COC/C=C1\CO[C@@H]2OCCC[C@H]12. The van der Waals surface area contributed by atoms with E-state index in [1.54, 1.807) is 7.11 Å². The fourth-order valence-corrected chi connectivity index (χ4v) is 1.97. The average Bonchev–Trinajstić information content (AvgIpc) is 2.58. The van der Waals surface area contributed by atoms with Gasteiger partial charge in [-0.05, 0) is 18.4 Å². The molecule has 0 N–H and O–H groups in total. The molecule has 2 saturated heterocycles. The van der Waals surface area contributed by atoms with Crippen molar-refractivity contribution in [3.8, 4) is 0 Å². The maximum atomic E-state index is 5.52. The predicted molar refractivity (Wildman–Crippen MR) is 48.4 cm³/mol. The molecule has 0 radical (unpaired) electrons. The Kier molecular flexibility index (Phi) is 2.98. The summed E-state index contributed by atoms with van der Waals surface area (Å²) in [5.74, 6) is 0.490. The molecule has 0 amide bonds. The Bertz CT molecular complexity index is 200. The highest BCUT2D eigenvalue weighted by Gasteiger charge is 2.35. The van der Waals surface area contributed by atoms with Crippen molar-refractivity contribution in [3.63, 3.8) is 0 Å². The Morgan fingerprint density at radius 3 is 3.31 bits per heavy atom. The van der Waals surface area contributed by atoms with Gasteiger partial charge in [0, 0.05) is 19.6 Å². The first-order valence-electron chi connectivity index (χ1n) is 4.83. The van der Waals surface area contributed by atoms with Gasteiger partial charge in [0.25, 0.3) is 0 Å². The minimum atomic E-state index is 0.0249. The first-order chi connectivity index (χ1) is 6.42. The van der Waals surface area contributed by atoms with Crippen LogP contribution in [0.3, 0.4) is 0 Å². The molecule has 0 aromatic carbocycles. The molecule has 0 aromatic rings. The smallest absolute Gasteiger partial charge is 0.164 e. The maximum Gasteiger partial charge on any atom is 0.164 e. The summed E-state index contributed by atoms with van der Waals surface area (Å²) in [6.45, 7) is 2.25. The standard InChI is InChI=1S/C10H16O3/c1-11-6-4-8-7-13-10-9(8)3-2-5-12-10/h4,9-10H,2-3,5-7H2,1H3/b8-4+/t9-,10+/m1/s1. The zero-order valence-electron chi connectivity index (χ0n) is 7.99. The molecule has 3 heteroatoms. The van der Waals surface area contributed by atoms with Crippen molar-refractivity contribution in [2.75, 3.05) is 26.9 Å². The van der Waals surface area contributed by atoms with E-state index in [4.69, 9.17) is 14.2 Å². The van der Waals surface area contributed by atoms with E-state index in [0.29, 0.717) is 12.5 Å². The number of ether oxygens (including phenoxy) is 3. The molecule has 0 aromatic heterocycles.